The maximum atomic E-state index is 11.2. The fourth-order valence-electron chi connectivity index (χ4n) is 5.16. The van der Waals surface area contributed by atoms with Crippen LogP contribution in [0.1, 0.15) is 30.9 Å². The molecule has 0 radical (unpaired) electrons. The van der Waals surface area contributed by atoms with E-state index in [2.05, 4.69) is 50.1 Å². The largest absolute Gasteiger partial charge is 0.389 e. The van der Waals surface area contributed by atoms with Gasteiger partial charge in [0.25, 0.3) is 0 Å². The van der Waals surface area contributed by atoms with Crippen LogP contribution >= 0.6 is 0 Å². The van der Waals surface area contributed by atoms with E-state index in [1.54, 1.807) is 24.3 Å². The molecule has 1 fully saturated rings. The number of hydrogen-bond acceptors (Lipinski definition) is 8. The molecule has 5 rings (SSSR count). The number of rotatable bonds is 9. The lowest BCUT2D eigenvalue weighted by Gasteiger charge is -2.39. The van der Waals surface area contributed by atoms with Gasteiger partial charge in [-0.3, -0.25) is 0 Å². The zero-order valence-corrected chi connectivity index (χ0v) is 23.6. The van der Waals surface area contributed by atoms with Crippen molar-refractivity contribution in [3.8, 4) is 17.3 Å². The highest BCUT2D eigenvalue weighted by Gasteiger charge is 2.33. The Kier molecular flexibility index (Phi) is 8.46. The molecule has 42 heavy (non-hydrogen) atoms. The van der Waals surface area contributed by atoms with Gasteiger partial charge in [0.15, 0.2) is 0 Å². The number of benzene rings is 3. The van der Waals surface area contributed by atoms with Crippen molar-refractivity contribution < 1.29 is 5.11 Å². The molecule has 3 aromatic carbocycles. The summed E-state index contributed by atoms with van der Waals surface area (Å²) >= 11 is 0. The molecule has 9 heteroatoms. The highest BCUT2D eigenvalue weighted by Crippen LogP contribution is 2.33. The van der Waals surface area contributed by atoms with Crippen LogP contribution in [0.2, 0.25) is 0 Å². The number of hydrazone groups is 1. The number of nitriles is 1. The summed E-state index contributed by atoms with van der Waals surface area (Å²) < 4.78 is 0. The van der Waals surface area contributed by atoms with E-state index in [1.807, 2.05) is 66.7 Å². The van der Waals surface area contributed by atoms with Crippen molar-refractivity contribution in [2.45, 2.75) is 31.8 Å². The Bertz CT molecular complexity index is 1600. The Balaban J connectivity index is 1.27. The molecule has 1 aromatic heterocycles. The van der Waals surface area contributed by atoms with Gasteiger partial charge in [0.2, 0.25) is 5.95 Å². The second kappa shape index (κ2) is 12.5. The van der Waals surface area contributed by atoms with Crippen LogP contribution in [0, 0.1) is 11.3 Å². The summed E-state index contributed by atoms with van der Waals surface area (Å²) in [6.45, 7) is 6.85. The van der Waals surface area contributed by atoms with Gasteiger partial charge < -0.3 is 21.1 Å². The predicted molar refractivity (Wildman–Crippen MR) is 168 cm³/mol. The number of amidine groups is 1. The lowest BCUT2D eigenvalue weighted by Crippen LogP contribution is -2.46. The van der Waals surface area contributed by atoms with Gasteiger partial charge in [0.1, 0.15) is 11.9 Å². The third-order valence-electron chi connectivity index (χ3n) is 7.31. The normalized spacial score (nSPS) is 14.6. The van der Waals surface area contributed by atoms with Gasteiger partial charge in [0, 0.05) is 43.2 Å². The Morgan fingerprint density at radius 2 is 1.88 bits per heavy atom. The van der Waals surface area contributed by atoms with Gasteiger partial charge >= 0.3 is 0 Å². The Hall–Kier alpha value is -5.20. The fraction of sp³-hybridized carbons (Fsp3) is 0.212. The molecule has 0 atom stereocenters. The molecule has 0 saturated carbocycles. The SMILES string of the molecule is C=CN(/N=C(/C)N)c1ccc(Nc2nccc(-c3ccc(N4CCC(O)(Cc5ccccc5)CC4)c(C#N)c3)n2)cc1. The molecule has 2 heterocycles. The molecule has 1 aliphatic heterocycles. The minimum atomic E-state index is -0.738. The van der Waals surface area contributed by atoms with Crippen molar-refractivity contribution in [1.82, 2.24) is 9.97 Å². The van der Waals surface area contributed by atoms with E-state index in [1.165, 1.54) is 0 Å². The summed E-state index contributed by atoms with van der Waals surface area (Å²) in [7, 11) is 0. The standard InChI is InChI=1S/C33H34N8O/c1-3-41(39-24(2)35)29-12-10-28(11-13-29)37-32-36-18-15-30(38-32)26-9-14-31(27(21-26)23-34)40-19-16-33(42,17-20-40)22-25-7-5-4-6-8-25/h3-15,18,21,42H,1,16-17,19-20,22H2,2H3,(H2,35,39)(H,36,37,38). The lowest BCUT2D eigenvalue weighted by atomic mass is 9.85. The van der Waals surface area contributed by atoms with Gasteiger partial charge in [0.05, 0.1) is 28.2 Å². The van der Waals surface area contributed by atoms with Crippen LogP contribution < -0.4 is 21.0 Å². The van der Waals surface area contributed by atoms with Crippen LogP contribution in [0.4, 0.5) is 23.0 Å². The number of hydrogen-bond donors (Lipinski definition) is 3. The van der Waals surface area contributed by atoms with Crippen LogP contribution in [-0.4, -0.2) is 39.6 Å². The van der Waals surface area contributed by atoms with Crippen molar-refractivity contribution >= 4 is 28.8 Å². The summed E-state index contributed by atoms with van der Waals surface area (Å²) in [6, 6.07) is 27.7. The minimum Gasteiger partial charge on any atom is -0.389 e. The Labute approximate surface area is 246 Å². The van der Waals surface area contributed by atoms with Gasteiger partial charge in [-0.2, -0.15) is 10.4 Å². The van der Waals surface area contributed by atoms with Crippen molar-refractivity contribution in [2.24, 2.45) is 10.8 Å². The first-order valence-electron chi connectivity index (χ1n) is 13.8. The fourth-order valence-corrected chi connectivity index (χ4v) is 5.16. The molecule has 0 unspecified atom stereocenters. The molecule has 4 aromatic rings. The first kappa shape index (κ1) is 28.3. The molecular formula is C33H34N8O. The minimum absolute atomic E-state index is 0.428. The molecule has 4 N–H and O–H groups in total. The van der Waals surface area contributed by atoms with Crippen molar-refractivity contribution in [1.29, 1.82) is 5.26 Å². The number of aromatic nitrogens is 2. The zero-order chi connectivity index (χ0) is 29.5. The van der Waals surface area contributed by atoms with Crippen molar-refractivity contribution in [2.75, 3.05) is 28.3 Å². The summed E-state index contributed by atoms with van der Waals surface area (Å²) in [6.07, 6.45) is 5.19. The molecular weight excluding hydrogens is 524 g/mol. The topological polar surface area (TPSA) is 127 Å². The molecule has 212 valence electrons. The van der Waals surface area contributed by atoms with Crippen LogP contribution in [0.5, 0.6) is 0 Å². The molecule has 1 saturated heterocycles. The van der Waals surface area contributed by atoms with E-state index in [0.29, 0.717) is 55.4 Å². The summed E-state index contributed by atoms with van der Waals surface area (Å²) in [5.41, 5.74) is 10.7. The van der Waals surface area contributed by atoms with Gasteiger partial charge in [-0.05, 0) is 67.8 Å². The number of nitrogens with one attached hydrogen (secondary N) is 1. The first-order valence-corrected chi connectivity index (χ1v) is 13.8. The first-order chi connectivity index (χ1) is 20.4. The zero-order valence-electron chi connectivity index (χ0n) is 23.6. The maximum absolute atomic E-state index is 11.2. The third kappa shape index (κ3) is 6.74. The van der Waals surface area contributed by atoms with E-state index in [9.17, 15) is 10.4 Å². The maximum Gasteiger partial charge on any atom is 0.227 e. The number of anilines is 4. The lowest BCUT2D eigenvalue weighted by molar-refractivity contribution is 0.0165. The second-order valence-corrected chi connectivity index (χ2v) is 10.4. The highest BCUT2D eigenvalue weighted by molar-refractivity contribution is 5.79. The van der Waals surface area contributed by atoms with Crippen molar-refractivity contribution in [3.63, 3.8) is 0 Å². The quantitative estimate of drug-likeness (QED) is 0.138. The summed E-state index contributed by atoms with van der Waals surface area (Å²) in [5, 5.41) is 30.2. The molecule has 9 nitrogen and oxygen atoms in total. The average Bonchev–Trinajstić information content (AvgIpc) is 3.01. The smallest absolute Gasteiger partial charge is 0.227 e. The Morgan fingerprint density at radius 1 is 1.14 bits per heavy atom. The number of nitrogens with two attached hydrogens (primary N) is 1. The van der Waals surface area contributed by atoms with E-state index in [4.69, 9.17) is 5.73 Å². The van der Waals surface area contributed by atoms with Crippen LogP contribution in [-0.2, 0) is 6.42 Å². The average molecular weight is 559 g/mol. The monoisotopic (exact) mass is 558 g/mol. The van der Waals surface area contributed by atoms with E-state index in [0.717, 1.165) is 28.2 Å². The molecule has 0 amide bonds. The van der Waals surface area contributed by atoms with E-state index in [-0.39, 0.29) is 0 Å². The summed E-state index contributed by atoms with van der Waals surface area (Å²) in [5.74, 6) is 0.866. The van der Waals surface area contributed by atoms with Crippen molar-refractivity contribution in [3.05, 3.63) is 109 Å². The van der Waals surface area contributed by atoms with Gasteiger partial charge in [-0.15, -0.1) is 0 Å². The molecule has 1 aliphatic rings. The van der Waals surface area contributed by atoms with E-state index >= 15 is 0 Å². The summed E-state index contributed by atoms with van der Waals surface area (Å²) in [4.78, 5) is 11.2. The van der Waals surface area contributed by atoms with E-state index < -0.39 is 5.60 Å². The van der Waals surface area contributed by atoms with Gasteiger partial charge in [-0.25, -0.2) is 15.0 Å². The third-order valence-corrected chi connectivity index (χ3v) is 7.31. The number of aliphatic hydroxyl groups is 1. The second-order valence-electron chi connectivity index (χ2n) is 10.4. The number of nitrogens with zero attached hydrogens (tertiary/aromatic N) is 6. The van der Waals surface area contributed by atoms with Crippen LogP contribution in [0.25, 0.3) is 11.3 Å². The molecule has 0 bridgehead atoms. The van der Waals surface area contributed by atoms with Crippen LogP contribution in [0.3, 0.4) is 0 Å². The van der Waals surface area contributed by atoms with Gasteiger partial charge in [-0.1, -0.05) is 43.0 Å². The molecule has 0 aliphatic carbocycles. The molecule has 0 spiro atoms. The predicted octanol–water partition coefficient (Wildman–Crippen LogP) is 5.57. The van der Waals surface area contributed by atoms with Crippen LogP contribution in [0.15, 0.2) is 103 Å². The number of piperidine rings is 1. The Morgan fingerprint density at radius 3 is 2.55 bits per heavy atom. The highest BCUT2D eigenvalue weighted by atomic mass is 16.3.